The molecule has 0 bridgehead atoms. The molecule has 4 heteroatoms. The summed E-state index contributed by atoms with van der Waals surface area (Å²) in [5, 5.41) is 0. The van der Waals surface area contributed by atoms with Crippen molar-refractivity contribution in [1.29, 1.82) is 0 Å². The van der Waals surface area contributed by atoms with Gasteiger partial charge in [-0.3, -0.25) is 0 Å². The number of rotatable bonds is 1. The molecule has 0 fully saturated rings. The van der Waals surface area contributed by atoms with Gasteiger partial charge in [0.1, 0.15) is 0 Å². The third kappa shape index (κ3) is 3.30. The summed E-state index contributed by atoms with van der Waals surface area (Å²) < 4.78 is 18.4. The van der Waals surface area contributed by atoms with E-state index in [0.717, 1.165) is 0 Å². The molecule has 0 rings (SSSR count). The van der Waals surface area contributed by atoms with E-state index in [-0.39, 0.29) is 0 Å². The van der Waals surface area contributed by atoms with Gasteiger partial charge in [-0.25, -0.2) is 0 Å². The van der Waals surface area contributed by atoms with Crippen LogP contribution in [0.15, 0.2) is 0 Å². The first-order chi connectivity index (χ1) is 1.91. The second-order valence-electron chi connectivity index (χ2n) is 0.163. The Labute approximate surface area is 41.3 Å². The van der Waals surface area contributed by atoms with Crippen LogP contribution in [-0.2, 0) is 5.83 Å². The van der Waals surface area contributed by atoms with Crippen LogP contribution in [0.1, 0.15) is 0 Å². The summed E-state index contributed by atoms with van der Waals surface area (Å²) >= 11 is -2.77. The van der Waals surface area contributed by atoms with Gasteiger partial charge in [-0.1, -0.05) is 0 Å². The Kier molecular flexibility index (Phi) is 5.70. The van der Waals surface area contributed by atoms with Gasteiger partial charge in [0.25, 0.3) is 0 Å². The van der Waals surface area contributed by atoms with Crippen LogP contribution in [0.2, 0.25) is 0 Å². The topological polar surface area (TPSA) is 34.1 Å². The fourth-order valence-corrected chi connectivity index (χ4v) is 0. The molecular formula is BiO2Sb. The molecule has 0 saturated heterocycles. The van der Waals surface area contributed by atoms with E-state index in [2.05, 4.69) is 0 Å². The van der Waals surface area contributed by atoms with Crippen molar-refractivity contribution in [2.24, 2.45) is 0 Å². The van der Waals surface area contributed by atoms with Crippen molar-refractivity contribution in [1.82, 2.24) is 0 Å². The van der Waals surface area contributed by atoms with Crippen LogP contribution in [0.25, 0.3) is 0 Å². The predicted molar refractivity (Wildman–Crippen MR) is 12.9 cm³/mol. The molecule has 0 atom stereocenters. The van der Waals surface area contributed by atoms with Crippen LogP contribution >= 0.6 is 0 Å². The summed E-state index contributed by atoms with van der Waals surface area (Å²) in [6.07, 6.45) is 0. The average molecular weight is 363 g/mol. The van der Waals surface area contributed by atoms with Crippen LogP contribution in [0, 0.1) is 0 Å². The van der Waals surface area contributed by atoms with Gasteiger partial charge in [-0.05, 0) is 0 Å². The first-order valence-electron chi connectivity index (χ1n) is 0.565. The van der Waals surface area contributed by atoms with Crippen molar-refractivity contribution in [3.63, 3.8) is 0 Å². The van der Waals surface area contributed by atoms with Gasteiger partial charge in [0.2, 0.25) is 0 Å². The van der Waals surface area contributed by atoms with Crippen molar-refractivity contribution in [2.45, 2.75) is 0 Å². The van der Waals surface area contributed by atoms with Crippen LogP contribution in [0.5, 0.6) is 0 Å². The SMILES string of the molecule is [O]=[Sb][Bi]=[O]. The Morgan fingerprint density at radius 2 is 2.00 bits per heavy atom. The van der Waals surface area contributed by atoms with Crippen molar-refractivity contribution in [3.8, 4) is 0 Å². The molecule has 22 valence electrons. The summed E-state index contributed by atoms with van der Waals surface area (Å²) in [5.41, 5.74) is 0. The van der Waals surface area contributed by atoms with Gasteiger partial charge in [0.05, 0.1) is 0 Å². The number of hydrogen-bond acceptors (Lipinski definition) is 2. The van der Waals surface area contributed by atoms with Crippen LogP contribution in [-0.4, -0.2) is 35.9 Å². The minimum absolute atomic E-state index is 1.27. The van der Waals surface area contributed by atoms with Crippen LogP contribution in [0.3, 0.4) is 0 Å². The van der Waals surface area contributed by atoms with Crippen LogP contribution < -0.4 is 0 Å². The van der Waals surface area contributed by atoms with E-state index in [1.54, 1.807) is 0 Å². The minimum atomic E-state index is -1.50. The average Bonchev–Trinajstić information content (AvgIpc) is 1.37. The van der Waals surface area contributed by atoms with Gasteiger partial charge in [0, 0.05) is 0 Å². The molecule has 0 unspecified atom stereocenters. The Morgan fingerprint density at radius 3 is 2.00 bits per heavy atom. The Hall–Kier alpha value is 1.30. The normalized spacial score (nSPS) is 5.00. The molecule has 0 saturated carbocycles. The van der Waals surface area contributed by atoms with E-state index in [4.69, 9.17) is 0 Å². The quantitative estimate of drug-likeness (QED) is 0.561. The van der Waals surface area contributed by atoms with E-state index in [1.807, 2.05) is 0 Å². The summed E-state index contributed by atoms with van der Waals surface area (Å²) in [6, 6.07) is 0. The third-order valence-corrected chi connectivity index (χ3v) is 1.96. The monoisotopic (exact) mass is 362 g/mol. The maximum atomic E-state index is 9.23. The zero-order valence-electron chi connectivity index (χ0n) is 1.71. The van der Waals surface area contributed by atoms with Crippen molar-refractivity contribution < 1.29 is 5.83 Å². The molecule has 0 aromatic rings. The van der Waals surface area contributed by atoms with Gasteiger partial charge in [-0.2, -0.15) is 0 Å². The van der Waals surface area contributed by atoms with Crippen molar-refractivity contribution in [3.05, 3.63) is 0 Å². The zero-order chi connectivity index (χ0) is 3.41. The fourth-order valence-electron chi connectivity index (χ4n) is 0. The molecule has 0 radical (unpaired) electrons. The van der Waals surface area contributed by atoms with Gasteiger partial charge in [0.15, 0.2) is 0 Å². The molecule has 0 spiro atoms. The van der Waals surface area contributed by atoms with Gasteiger partial charge >= 0.3 is 41.8 Å². The maximum absolute atomic E-state index is 9.23. The molecule has 0 heterocycles. The zero-order valence-corrected chi connectivity index (χ0v) is 7.74. The fraction of sp³-hybridized carbons (Fsp3) is 0. The Bertz CT molecular complexity index is 27.0. The molecule has 0 N–H and O–H groups in total. The third-order valence-electron chi connectivity index (χ3n) is 0.0333. The van der Waals surface area contributed by atoms with E-state index in [9.17, 15) is 5.83 Å². The predicted octanol–water partition coefficient (Wildman–Crippen LogP) is -0.999. The summed E-state index contributed by atoms with van der Waals surface area (Å²) in [4.78, 5) is 0. The summed E-state index contributed by atoms with van der Waals surface area (Å²) in [5.74, 6) is 0. The summed E-state index contributed by atoms with van der Waals surface area (Å²) in [6.45, 7) is 0. The molecule has 2 nitrogen and oxygen atoms in total. The second kappa shape index (κ2) is 4.30. The van der Waals surface area contributed by atoms with E-state index >= 15 is 0 Å². The molecule has 0 aliphatic rings. The second-order valence-corrected chi connectivity index (χ2v) is 9.61. The van der Waals surface area contributed by atoms with Crippen LogP contribution in [0.4, 0.5) is 0 Å². The Morgan fingerprint density at radius 1 is 1.75 bits per heavy atom. The molecular weight excluding hydrogens is 363 g/mol. The van der Waals surface area contributed by atoms with Gasteiger partial charge in [-0.15, -0.1) is 0 Å². The van der Waals surface area contributed by atoms with E-state index in [1.165, 1.54) is 0 Å². The standard InChI is InChI=1S/Bi.2O.Sb. The first kappa shape index (κ1) is 5.30. The first-order valence-corrected chi connectivity index (χ1v) is 14.6. The van der Waals surface area contributed by atoms with Crippen molar-refractivity contribution >= 4 is 35.9 Å². The van der Waals surface area contributed by atoms with Gasteiger partial charge < -0.3 is 0 Å². The van der Waals surface area contributed by atoms with E-state index in [0.29, 0.717) is 0 Å². The summed E-state index contributed by atoms with van der Waals surface area (Å²) in [7, 11) is 0. The molecule has 4 heavy (non-hydrogen) atoms. The molecule has 0 aliphatic heterocycles. The number of hydrogen-bond donors (Lipinski definition) is 0. The molecule has 0 aromatic carbocycles. The Balaban J connectivity index is 2.73. The molecule has 0 amide bonds. The van der Waals surface area contributed by atoms with Crippen molar-refractivity contribution in [2.75, 3.05) is 0 Å². The molecule has 0 aliphatic carbocycles. The van der Waals surface area contributed by atoms with E-state index < -0.39 is 35.9 Å². The molecule has 0 aromatic heterocycles.